The lowest BCUT2D eigenvalue weighted by Crippen LogP contribution is -2.73. The predicted octanol–water partition coefficient (Wildman–Crippen LogP) is 7.13. The molecule has 6 rings (SSSR count). The van der Waals surface area contributed by atoms with E-state index in [-0.39, 0.29) is 17.3 Å². The fourth-order valence-corrected chi connectivity index (χ4v) is 10.6. The first-order valence-electron chi connectivity index (χ1n) is 14.2. The monoisotopic (exact) mass is 484 g/mol. The summed E-state index contributed by atoms with van der Waals surface area (Å²) >= 11 is 0. The van der Waals surface area contributed by atoms with E-state index in [1.807, 2.05) is 6.92 Å². The molecule has 4 saturated carbocycles. The molecule has 4 aliphatic carbocycles. The first kappa shape index (κ1) is 25.5. The van der Waals surface area contributed by atoms with E-state index >= 15 is 0 Å². The third kappa shape index (κ3) is 3.41. The van der Waals surface area contributed by atoms with Crippen molar-refractivity contribution in [3.8, 4) is 0 Å². The number of carboxylic acid groups (broad SMARTS) is 1. The summed E-state index contributed by atoms with van der Waals surface area (Å²) in [5.41, 5.74) is 3.01. The zero-order valence-corrected chi connectivity index (χ0v) is 22.8. The quantitative estimate of drug-likeness (QED) is 0.394. The van der Waals surface area contributed by atoms with Gasteiger partial charge < -0.3 is 14.9 Å². The van der Waals surface area contributed by atoms with Gasteiger partial charge in [0.15, 0.2) is 5.79 Å². The van der Waals surface area contributed by atoms with Crippen molar-refractivity contribution in [2.75, 3.05) is 6.61 Å². The SMILES string of the molecule is C=C(CC/C=C(\C)CC(=O)O)[C@H]1CC[C@]2(C)[C@@H]1CC[C@@H]1[C@]34CC[C@](O)(OC3)C(C)(C)[C@@H]4CC[C@]12C. The van der Waals surface area contributed by atoms with Crippen LogP contribution in [0.5, 0.6) is 0 Å². The Hall–Kier alpha value is -1.13. The Morgan fingerprint density at radius 3 is 2.37 bits per heavy atom. The van der Waals surface area contributed by atoms with Crippen molar-refractivity contribution >= 4 is 5.97 Å². The van der Waals surface area contributed by atoms with Crippen LogP contribution >= 0.6 is 0 Å². The summed E-state index contributed by atoms with van der Waals surface area (Å²) in [6.45, 7) is 17.0. The van der Waals surface area contributed by atoms with E-state index in [0.717, 1.165) is 37.9 Å². The molecule has 2 N–H and O–H groups in total. The van der Waals surface area contributed by atoms with Crippen LogP contribution in [0.1, 0.15) is 105 Å². The highest BCUT2D eigenvalue weighted by atomic mass is 16.6. The summed E-state index contributed by atoms with van der Waals surface area (Å²) in [6, 6.07) is 0. The van der Waals surface area contributed by atoms with Crippen molar-refractivity contribution in [3.63, 3.8) is 0 Å². The molecule has 35 heavy (non-hydrogen) atoms. The van der Waals surface area contributed by atoms with E-state index < -0.39 is 11.8 Å². The maximum atomic E-state index is 11.3. The number of aliphatic carboxylic acids is 1. The zero-order chi connectivity index (χ0) is 25.4. The molecule has 8 atom stereocenters. The van der Waals surface area contributed by atoms with Crippen molar-refractivity contribution < 1.29 is 19.7 Å². The van der Waals surface area contributed by atoms with Gasteiger partial charge in [0, 0.05) is 17.3 Å². The van der Waals surface area contributed by atoms with Crippen LogP contribution in [-0.2, 0) is 9.53 Å². The molecule has 1 spiro atoms. The Labute approximate surface area is 212 Å². The van der Waals surface area contributed by atoms with E-state index in [1.54, 1.807) is 0 Å². The number of aliphatic hydroxyl groups is 1. The highest BCUT2D eigenvalue weighted by Gasteiger charge is 2.74. The summed E-state index contributed by atoms with van der Waals surface area (Å²) in [7, 11) is 0. The minimum absolute atomic E-state index is 0.136. The van der Waals surface area contributed by atoms with Gasteiger partial charge in [-0.3, -0.25) is 4.79 Å². The van der Waals surface area contributed by atoms with Gasteiger partial charge in [0.1, 0.15) is 0 Å². The fraction of sp³-hybridized carbons (Fsp3) is 0.839. The van der Waals surface area contributed by atoms with Crippen LogP contribution in [0.3, 0.4) is 0 Å². The number of allylic oxidation sites excluding steroid dienone is 2. The third-order valence-corrected chi connectivity index (χ3v) is 12.8. The molecule has 0 aromatic rings. The lowest BCUT2D eigenvalue weighted by atomic mass is 9.34. The molecule has 0 aromatic carbocycles. The van der Waals surface area contributed by atoms with E-state index in [9.17, 15) is 9.90 Å². The molecular weight excluding hydrogens is 436 g/mol. The zero-order valence-electron chi connectivity index (χ0n) is 22.8. The standard InChI is InChI=1S/C31H48O4/c1-20(18-26(32)33)8-7-9-21(2)22-12-14-28(5)23(22)10-11-25-29(28,6)15-13-24-27(3,4)31(34)17-16-30(24,25)19-35-31/h8,22-25,34H,2,7,9-19H2,1,3-6H3,(H,32,33)/b20-8+/t22-,23-,24+,25+,28-,29-,30-,31+/m1/s1. The van der Waals surface area contributed by atoms with Crippen molar-refractivity contribution in [1.29, 1.82) is 0 Å². The van der Waals surface area contributed by atoms with Crippen LogP contribution in [0, 0.1) is 45.3 Å². The number of carboxylic acids is 1. The van der Waals surface area contributed by atoms with Gasteiger partial charge in [0.2, 0.25) is 0 Å². The highest BCUT2D eigenvalue weighted by molar-refractivity contribution is 5.69. The van der Waals surface area contributed by atoms with Gasteiger partial charge in [-0.25, -0.2) is 0 Å². The Bertz CT molecular complexity index is 922. The third-order valence-electron chi connectivity index (χ3n) is 12.8. The molecule has 2 aliphatic heterocycles. The van der Waals surface area contributed by atoms with Crippen LogP contribution in [0.4, 0.5) is 0 Å². The molecule has 6 aliphatic rings. The predicted molar refractivity (Wildman–Crippen MR) is 139 cm³/mol. The first-order chi connectivity index (χ1) is 16.3. The highest BCUT2D eigenvalue weighted by Crippen LogP contribution is 2.77. The normalized spacial score (nSPS) is 48.1. The Morgan fingerprint density at radius 1 is 1.00 bits per heavy atom. The topological polar surface area (TPSA) is 66.8 Å². The van der Waals surface area contributed by atoms with Crippen LogP contribution < -0.4 is 0 Å². The molecule has 4 nitrogen and oxygen atoms in total. The number of hydrogen-bond acceptors (Lipinski definition) is 3. The molecule has 2 bridgehead atoms. The lowest BCUT2D eigenvalue weighted by Gasteiger charge is -2.74. The molecule has 0 amide bonds. The Balaban J connectivity index is 1.35. The number of hydrogen-bond donors (Lipinski definition) is 2. The second kappa shape index (κ2) is 8.18. The van der Waals surface area contributed by atoms with Gasteiger partial charge in [-0.1, -0.05) is 51.5 Å². The summed E-state index contributed by atoms with van der Waals surface area (Å²) in [6.07, 6.45) is 13.6. The molecule has 196 valence electrons. The van der Waals surface area contributed by atoms with E-state index in [1.165, 1.54) is 44.1 Å². The minimum Gasteiger partial charge on any atom is -0.481 e. The molecule has 0 radical (unpaired) electrons. The smallest absolute Gasteiger partial charge is 0.307 e. The van der Waals surface area contributed by atoms with E-state index in [4.69, 9.17) is 9.84 Å². The molecule has 0 unspecified atom stereocenters. The molecule has 4 heteroatoms. The molecule has 2 heterocycles. The van der Waals surface area contributed by atoms with Gasteiger partial charge in [0.25, 0.3) is 0 Å². The number of carbonyl (C=O) groups is 1. The molecule has 0 aromatic heterocycles. The van der Waals surface area contributed by atoms with E-state index in [0.29, 0.717) is 34.5 Å². The van der Waals surface area contributed by atoms with Crippen molar-refractivity contribution in [1.82, 2.24) is 0 Å². The lowest BCUT2D eigenvalue weighted by molar-refractivity contribution is -0.398. The van der Waals surface area contributed by atoms with Gasteiger partial charge in [-0.05, 0) is 99.2 Å². The molecular formula is C31H48O4. The maximum absolute atomic E-state index is 11.3. The van der Waals surface area contributed by atoms with Crippen molar-refractivity contribution in [2.24, 2.45) is 45.3 Å². The molecule has 2 saturated heterocycles. The summed E-state index contributed by atoms with van der Waals surface area (Å²) in [4.78, 5) is 11.0. The Kier molecular flexibility index (Phi) is 5.97. The van der Waals surface area contributed by atoms with Crippen LogP contribution in [-0.4, -0.2) is 28.6 Å². The van der Waals surface area contributed by atoms with Crippen LogP contribution in [0.15, 0.2) is 23.8 Å². The van der Waals surface area contributed by atoms with E-state index in [2.05, 4.69) is 40.3 Å². The fourth-order valence-electron chi connectivity index (χ4n) is 10.6. The number of rotatable bonds is 6. The van der Waals surface area contributed by atoms with Gasteiger partial charge in [0.05, 0.1) is 13.0 Å². The second-order valence-electron chi connectivity index (χ2n) is 14.2. The van der Waals surface area contributed by atoms with Crippen LogP contribution in [0.2, 0.25) is 0 Å². The van der Waals surface area contributed by atoms with Gasteiger partial charge >= 0.3 is 5.97 Å². The van der Waals surface area contributed by atoms with Gasteiger partial charge in [-0.2, -0.15) is 0 Å². The Morgan fingerprint density at radius 2 is 1.71 bits per heavy atom. The van der Waals surface area contributed by atoms with Crippen molar-refractivity contribution in [2.45, 2.75) is 111 Å². The van der Waals surface area contributed by atoms with Crippen molar-refractivity contribution in [3.05, 3.63) is 23.8 Å². The minimum atomic E-state index is -0.943. The van der Waals surface area contributed by atoms with Crippen LogP contribution in [0.25, 0.3) is 0 Å². The number of ether oxygens (including phenoxy) is 1. The summed E-state index contributed by atoms with van der Waals surface area (Å²) < 4.78 is 6.32. The number of fused-ring (bicyclic) bond motifs is 5. The summed E-state index contributed by atoms with van der Waals surface area (Å²) in [5.74, 6) is 0.823. The summed E-state index contributed by atoms with van der Waals surface area (Å²) in [5, 5.41) is 20.3. The first-order valence-corrected chi connectivity index (χ1v) is 14.2. The van der Waals surface area contributed by atoms with Gasteiger partial charge in [-0.15, -0.1) is 0 Å². The second-order valence-corrected chi connectivity index (χ2v) is 14.2. The largest absolute Gasteiger partial charge is 0.481 e. The molecule has 6 fully saturated rings. The maximum Gasteiger partial charge on any atom is 0.307 e. The average Bonchev–Trinajstić information content (AvgIpc) is 3.13. The average molecular weight is 485 g/mol.